The summed E-state index contributed by atoms with van der Waals surface area (Å²) in [6, 6.07) is 27.8. The lowest BCUT2D eigenvalue weighted by molar-refractivity contribution is 0.0734. The molecule has 0 fully saturated rings. The first-order valence-corrected chi connectivity index (χ1v) is 11.6. The number of carbonyl (C=O) groups excluding carboxylic acids is 2. The molecule has 0 unspecified atom stereocenters. The minimum absolute atomic E-state index is 0.198. The standard InChI is InChI=1S/C28H20Cl2N2O4/c29-22-11-14-25(26(30)16-22)28(34)36-24-8-4-7-20(15-24)17-31-32-27(33)21-9-12-23(13-10-21)35-18-19-5-2-1-3-6-19/h1-17H,18H2,(H,32,33)/b31-17+. The monoisotopic (exact) mass is 518 g/mol. The van der Waals surface area contributed by atoms with E-state index in [0.717, 1.165) is 5.56 Å². The Kier molecular flexibility index (Phi) is 8.34. The van der Waals surface area contributed by atoms with E-state index >= 15 is 0 Å². The summed E-state index contributed by atoms with van der Waals surface area (Å²) in [5, 5.41) is 4.60. The lowest BCUT2D eigenvalue weighted by Gasteiger charge is -2.07. The summed E-state index contributed by atoms with van der Waals surface area (Å²) in [5.41, 5.74) is 4.78. The number of esters is 1. The summed E-state index contributed by atoms with van der Waals surface area (Å²) >= 11 is 11.9. The number of hydrogen-bond donors (Lipinski definition) is 1. The number of nitrogens with one attached hydrogen (secondary N) is 1. The Morgan fingerprint density at radius 2 is 1.61 bits per heavy atom. The van der Waals surface area contributed by atoms with Gasteiger partial charge in [0.05, 0.1) is 16.8 Å². The number of carbonyl (C=O) groups is 2. The lowest BCUT2D eigenvalue weighted by atomic mass is 10.2. The maximum absolute atomic E-state index is 12.4. The molecule has 180 valence electrons. The van der Waals surface area contributed by atoms with Gasteiger partial charge in [0, 0.05) is 10.6 Å². The summed E-state index contributed by atoms with van der Waals surface area (Å²) in [6.07, 6.45) is 1.45. The molecule has 4 aromatic carbocycles. The molecule has 0 saturated heterocycles. The van der Waals surface area contributed by atoms with Crippen LogP contribution in [0.3, 0.4) is 0 Å². The van der Waals surface area contributed by atoms with Crippen LogP contribution >= 0.6 is 23.2 Å². The summed E-state index contributed by atoms with van der Waals surface area (Å²) < 4.78 is 11.1. The van der Waals surface area contributed by atoms with Crippen molar-refractivity contribution < 1.29 is 19.1 Å². The first kappa shape index (κ1) is 25.0. The fourth-order valence-corrected chi connectivity index (χ4v) is 3.63. The molecule has 4 rings (SSSR count). The zero-order valence-corrected chi connectivity index (χ0v) is 20.4. The van der Waals surface area contributed by atoms with Crippen LogP contribution in [-0.2, 0) is 6.61 Å². The van der Waals surface area contributed by atoms with Crippen LogP contribution in [0.4, 0.5) is 0 Å². The second-order valence-electron chi connectivity index (χ2n) is 7.58. The smallest absolute Gasteiger partial charge is 0.345 e. The highest BCUT2D eigenvalue weighted by molar-refractivity contribution is 6.36. The molecule has 0 aliphatic heterocycles. The van der Waals surface area contributed by atoms with E-state index in [-0.39, 0.29) is 16.5 Å². The average molecular weight is 519 g/mol. The lowest BCUT2D eigenvalue weighted by Crippen LogP contribution is -2.17. The zero-order valence-electron chi connectivity index (χ0n) is 18.9. The Morgan fingerprint density at radius 3 is 2.36 bits per heavy atom. The second-order valence-corrected chi connectivity index (χ2v) is 8.43. The second kappa shape index (κ2) is 12.0. The summed E-state index contributed by atoms with van der Waals surface area (Å²) in [4.78, 5) is 24.8. The highest BCUT2D eigenvalue weighted by Gasteiger charge is 2.13. The molecule has 0 aliphatic rings. The van der Waals surface area contributed by atoms with Gasteiger partial charge in [-0.05, 0) is 65.7 Å². The van der Waals surface area contributed by atoms with Gasteiger partial charge in [-0.1, -0.05) is 65.7 Å². The largest absolute Gasteiger partial charge is 0.489 e. The third kappa shape index (κ3) is 6.95. The summed E-state index contributed by atoms with van der Waals surface area (Å²) in [6.45, 7) is 0.442. The number of hydrazone groups is 1. The third-order valence-electron chi connectivity index (χ3n) is 4.96. The molecule has 0 radical (unpaired) electrons. The van der Waals surface area contributed by atoms with Crippen LogP contribution < -0.4 is 14.9 Å². The fraction of sp³-hybridized carbons (Fsp3) is 0.0357. The molecule has 1 N–H and O–H groups in total. The van der Waals surface area contributed by atoms with Crippen LogP contribution in [0, 0.1) is 0 Å². The van der Waals surface area contributed by atoms with E-state index in [4.69, 9.17) is 32.7 Å². The van der Waals surface area contributed by atoms with Crippen LogP contribution in [0.1, 0.15) is 31.8 Å². The Labute approximate surface area is 218 Å². The molecule has 4 aromatic rings. The van der Waals surface area contributed by atoms with Crippen LogP contribution in [0.15, 0.2) is 102 Å². The number of halogens is 2. The fourth-order valence-electron chi connectivity index (χ4n) is 3.15. The van der Waals surface area contributed by atoms with Crippen molar-refractivity contribution in [3.05, 3.63) is 129 Å². The zero-order chi connectivity index (χ0) is 25.3. The van der Waals surface area contributed by atoms with Crippen molar-refractivity contribution in [2.75, 3.05) is 0 Å². The molecule has 8 heteroatoms. The van der Waals surface area contributed by atoms with E-state index in [1.165, 1.54) is 18.3 Å². The van der Waals surface area contributed by atoms with Gasteiger partial charge in [-0.2, -0.15) is 5.10 Å². The molecule has 0 spiro atoms. The third-order valence-corrected chi connectivity index (χ3v) is 5.51. The topological polar surface area (TPSA) is 77.0 Å². The minimum atomic E-state index is -0.616. The number of amides is 1. The van der Waals surface area contributed by atoms with Crippen molar-refractivity contribution in [1.29, 1.82) is 0 Å². The summed E-state index contributed by atoms with van der Waals surface area (Å²) in [5.74, 6) is -0.0337. The molecule has 0 aliphatic carbocycles. The molecule has 36 heavy (non-hydrogen) atoms. The van der Waals surface area contributed by atoms with Crippen LogP contribution in [0.2, 0.25) is 10.0 Å². The summed E-state index contributed by atoms with van der Waals surface area (Å²) in [7, 11) is 0. The highest BCUT2D eigenvalue weighted by atomic mass is 35.5. The van der Waals surface area contributed by atoms with Crippen LogP contribution in [-0.4, -0.2) is 18.1 Å². The molecule has 0 saturated carbocycles. The van der Waals surface area contributed by atoms with Crippen molar-refractivity contribution in [2.45, 2.75) is 6.61 Å². The maximum Gasteiger partial charge on any atom is 0.345 e. The van der Waals surface area contributed by atoms with Gasteiger partial charge in [0.15, 0.2) is 0 Å². The predicted octanol–water partition coefficient (Wildman–Crippen LogP) is 6.56. The molecule has 0 aromatic heterocycles. The Bertz CT molecular complexity index is 1390. The molecule has 1 amide bonds. The van der Waals surface area contributed by atoms with E-state index in [0.29, 0.717) is 34.3 Å². The van der Waals surface area contributed by atoms with Gasteiger partial charge in [-0.3, -0.25) is 4.79 Å². The van der Waals surface area contributed by atoms with Gasteiger partial charge >= 0.3 is 5.97 Å². The van der Waals surface area contributed by atoms with Crippen molar-refractivity contribution in [3.8, 4) is 11.5 Å². The molecule has 0 atom stereocenters. The number of nitrogens with zero attached hydrogens (tertiary/aromatic N) is 1. The van der Waals surface area contributed by atoms with E-state index < -0.39 is 5.97 Å². The van der Waals surface area contributed by atoms with Gasteiger partial charge in [0.25, 0.3) is 5.91 Å². The van der Waals surface area contributed by atoms with E-state index in [2.05, 4.69) is 10.5 Å². The van der Waals surface area contributed by atoms with E-state index in [1.54, 1.807) is 54.6 Å². The minimum Gasteiger partial charge on any atom is -0.489 e. The molecule has 6 nitrogen and oxygen atoms in total. The van der Waals surface area contributed by atoms with Crippen molar-refractivity contribution in [3.63, 3.8) is 0 Å². The Morgan fingerprint density at radius 1 is 0.833 bits per heavy atom. The van der Waals surface area contributed by atoms with Gasteiger partial charge in [-0.25, -0.2) is 10.2 Å². The van der Waals surface area contributed by atoms with Gasteiger partial charge in [0.1, 0.15) is 18.1 Å². The normalized spacial score (nSPS) is 10.7. The maximum atomic E-state index is 12.4. The van der Waals surface area contributed by atoms with Crippen molar-refractivity contribution in [2.24, 2.45) is 5.10 Å². The number of hydrogen-bond acceptors (Lipinski definition) is 5. The highest BCUT2D eigenvalue weighted by Crippen LogP contribution is 2.23. The van der Waals surface area contributed by atoms with Gasteiger partial charge < -0.3 is 9.47 Å². The Hall–Kier alpha value is -4.13. The molecular weight excluding hydrogens is 499 g/mol. The Balaban J connectivity index is 1.31. The predicted molar refractivity (Wildman–Crippen MR) is 140 cm³/mol. The molecule has 0 heterocycles. The van der Waals surface area contributed by atoms with E-state index in [1.807, 2.05) is 30.3 Å². The number of rotatable bonds is 8. The van der Waals surface area contributed by atoms with Gasteiger partial charge in [-0.15, -0.1) is 0 Å². The SMILES string of the molecule is O=C(N/N=C/c1cccc(OC(=O)c2ccc(Cl)cc2Cl)c1)c1ccc(OCc2ccccc2)cc1. The number of benzene rings is 4. The quantitative estimate of drug-likeness (QED) is 0.124. The number of ether oxygens (including phenoxy) is 2. The average Bonchev–Trinajstić information content (AvgIpc) is 2.88. The first-order valence-electron chi connectivity index (χ1n) is 10.9. The van der Waals surface area contributed by atoms with Crippen molar-refractivity contribution >= 4 is 41.3 Å². The first-order chi connectivity index (χ1) is 17.5. The molecule has 0 bridgehead atoms. The van der Waals surface area contributed by atoms with Gasteiger partial charge in [0.2, 0.25) is 0 Å². The molecular formula is C28H20Cl2N2O4. The van der Waals surface area contributed by atoms with E-state index in [9.17, 15) is 9.59 Å². The van der Waals surface area contributed by atoms with Crippen molar-refractivity contribution in [1.82, 2.24) is 5.43 Å². The van der Waals surface area contributed by atoms with Crippen LogP contribution in [0.25, 0.3) is 0 Å². The van der Waals surface area contributed by atoms with Crippen LogP contribution in [0.5, 0.6) is 11.5 Å².